The molecule has 0 saturated carbocycles. The van der Waals surface area contributed by atoms with Gasteiger partial charge in [0.2, 0.25) is 5.91 Å². The van der Waals surface area contributed by atoms with E-state index in [-0.39, 0.29) is 11.9 Å². The quantitative estimate of drug-likeness (QED) is 0.564. The van der Waals surface area contributed by atoms with Gasteiger partial charge in [0.1, 0.15) is 0 Å². The highest BCUT2D eigenvalue weighted by atomic mass is 127. The van der Waals surface area contributed by atoms with Crippen LogP contribution in [0.5, 0.6) is 0 Å². The maximum absolute atomic E-state index is 12.3. The summed E-state index contributed by atoms with van der Waals surface area (Å²) in [5.41, 5.74) is 3.40. The van der Waals surface area contributed by atoms with Crippen molar-refractivity contribution in [3.05, 3.63) is 29.3 Å². The highest BCUT2D eigenvalue weighted by molar-refractivity contribution is 14.1. The SMILES string of the molecule is CCc1cccc(C)c1N(C(=O)CI)[C@@H](C)COC. The molecule has 1 atom stereocenters. The molecule has 0 fully saturated rings. The first-order chi connectivity index (χ1) is 9.06. The van der Waals surface area contributed by atoms with E-state index in [4.69, 9.17) is 4.74 Å². The molecule has 4 heteroatoms. The molecule has 1 aromatic rings. The van der Waals surface area contributed by atoms with Crippen LogP contribution in [0, 0.1) is 6.92 Å². The summed E-state index contributed by atoms with van der Waals surface area (Å²) in [5, 5.41) is 0. The number of alkyl halides is 1. The summed E-state index contributed by atoms with van der Waals surface area (Å²) in [6, 6.07) is 6.24. The van der Waals surface area contributed by atoms with Gasteiger partial charge in [-0.2, -0.15) is 0 Å². The fourth-order valence-corrected chi connectivity index (χ4v) is 2.69. The molecule has 1 aromatic carbocycles. The van der Waals surface area contributed by atoms with Crippen molar-refractivity contribution in [2.75, 3.05) is 23.0 Å². The number of ether oxygens (including phenoxy) is 1. The van der Waals surface area contributed by atoms with Gasteiger partial charge in [-0.1, -0.05) is 47.7 Å². The minimum absolute atomic E-state index is 0.0404. The molecule has 0 unspecified atom stereocenters. The van der Waals surface area contributed by atoms with Crippen molar-refractivity contribution < 1.29 is 9.53 Å². The third-order valence-corrected chi connectivity index (χ3v) is 3.83. The van der Waals surface area contributed by atoms with Gasteiger partial charge in [-0.15, -0.1) is 0 Å². The molecule has 0 bridgehead atoms. The van der Waals surface area contributed by atoms with Crippen molar-refractivity contribution in [2.24, 2.45) is 0 Å². The van der Waals surface area contributed by atoms with Crippen LogP contribution < -0.4 is 4.90 Å². The van der Waals surface area contributed by atoms with Crippen molar-refractivity contribution in [3.8, 4) is 0 Å². The number of rotatable bonds is 6. The molecule has 0 spiro atoms. The van der Waals surface area contributed by atoms with Gasteiger partial charge in [0.25, 0.3) is 0 Å². The Labute approximate surface area is 129 Å². The number of carbonyl (C=O) groups excluding carboxylic acids is 1. The van der Waals surface area contributed by atoms with Crippen LogP contribution in [0.1, 0.15) is 25.0 Å². The third-order valence-electron chi connectivity index (χ3n) is 3.17. The van der Waals surface area contributed by atoms with Crippen LogP contribution in [0.3, 0.4) is 0 Å². The first kappa shape index (κ1) is 16.4. The Morgan fingerprint density at radius 2 is 2.16 bits per heavy atom. The summed E-state index contributed by atoms with van der Waals surface area (Å²) in [6.45, 7) is 6.74. The van der Waals surface area contributed by atoms with E-state index in [1.54, 1.807) is 7.11 Å². The molecule has 0 heterocycles. The average Bonchev–Trinajstić information content (AvgIpc) is 2.40. The fraction of sp³-hybridized carbons (Fsp3) is 0.533. The van der Waals surface area contributed by atoms with Crippen LogP contribution >= 0.6 is 22.6 Å². The zero-order chi connectivity index (χ0) is 14.4. The number of hydrogen-bond donors (Lipinski definition) is 0. The van der Waals surface area contributed by atoms with Crippen LogP contribution in [0.15, 0.2) is 18.2 Å². The molecule has 106 valence electrons. The molecule has 0 aliphatic carbocycles. The van der Waals surface area contributed by atoms with Gasteiger partial charge in [0.05, 0.1) is 22.8 Å². The van der Waals surface area contributed by atoms with Crippen molar-refractivity contribution >= 4 is 34.2 Å². The molecule has 0 radical (unpaired) electrons. The lowest BCUT2D eigenvalue weighted by Crippen LogP contribution is -2.43. The van der Waals surface area contributed by atoms with E-state index in [1.807, 2.05) is 17.9 Å². The summed E-state index contributed by atoms with van der Waals surface area (Å²) < 4.78 is 5.69. The van der Waals surface area contributed by atoms with Gasteiger partial charge in [-0.3, -0.25) is 4.79 Å². The third kappa shape index (κ3) is 3.92. The lowest BCUT2D eigenvalue weighted by molar-refractivity contribution is -0.116. The van der Waals surface area contributed by atoms with Gasteiger partial charge < -0.3 is 9.64 Å². The Morgan fingerprint density at radius 3 is 2.68 bits per heavy atom. The minimum Gasteiger partial charge on any atom is -0.383 e. The molecule has 1 amide bonds. The maximum atomic E-state index is 12.3. The molecule has 0 saturated heterocycles. The van der Waals surface area contributed by atoms with Gasteiger partial charge in [-0.05, 0) is 31.4 Å². The van der Waals surface area contributed by atoms with Gasteiger partial charge in [-0.25, -0.2) is 0 Å². The molecule has 3 nitrogen and oxygen atoms in total. The predicted octanol–water partition coefficient (Wildman–Crippen LogP) is 3.36. The molecule has 0 aromatic heterocycles. The zero-order valence-corrected chi connectivity index (χ0v) is 14.2. The normalized spacial score (nSPS) is 12.3. The van der Waals surface area contributed by atoms with Crippen molar-refractivity contribution in [1.29, 1.82) is 0 Å². The van der Waals surface area contributed by atoms with E-state index >= 15 is 0 Å². The highest BCUT2D eigenvalue weighted by Gasteiger charge is 2.24. The minimum atomic E-state index is 0.0404. The first-order valence-corrected chi connectivity index (χ1v) is 8.04. The van der Waals surface area contributed by atoms with Crippen molar-refractivity contribution in [1.82, 2.24) is 0 Å². The largest absolute Gasteiger partial charge is 0.383 e. The maximum Gasteiger partial charge on any atom is 0.237 e. The van der Waals surface area contributed by atoms with Crippen LogP contribution in [0.2, 0.25) is 0 Å². The second-order valence-electron chi connectivity index (χ2n) is 4.64. The number of anilines is 1. The second-order valence-corrected chi connectivity index (χ2v) is 5.40. The number of aryl methyl sites for hydroxylation is 2. The fourth-order valence-electron chi connectivity index (χ4n) is 2.32. The van der Waals surface area contributed by atoms with E-state index in [0.29, 0.717) is 11.0 Å². The van der Waals surface area contributed by atoms with Gasteiger partial charge in [0.15, 0.2) is 0 Å². The molecular formula is C15H22INO2. The molecule has 0 N–H and O–H groups in total. The van der Waals surface area contributed by atoms with Crippen LogP contribution in [-0.4, -0.2) is 30.1 Å². The molecule has 1 rings (SSSR count). The molecule has 0 aliphatic heterocycles. The number of para-hydroxylation sites is 1. The number of halogens is 1. The van der Waals surface area contributed by atoms with Gasteiger partial charge >= 0.3 is 0 Å². The number of benzene rings is 1. The van der Waals surface area contributed by atoms with E-state index in [2.05, 4.69) is 48.6 Å². The molecule has 0 aliphatic rings. The smallest absolute Gasteiger partial charge is 0.237 e. The average molecular weight is 375 g/mol. The summed E-state index contributed by atoms with van der Waals surface area (Å²) in [5.74, 6) is 0.133. The first-order valence-electron chi connectivity index (χ1n) is 6.52. The van der Waals surface area contributed by atoms with Crippen molar-refractivity contribution in [3.63, 3.8) is 0 Å². The van der Waals surface area contributed by atoms with E-state index in [1.165, 1.54) is 5.56 Å². The molecule has 19 heavy (non-hydrogen) atoms. The van der Waals surface area contributed by atoms with Crippen LogP contribution in [-0.2, 0) is 16.0 Å². The Hall–Kier alpha value is -0.620. The summed E-state index contributed by atoms with van der Waals surface area (Å²) in [6.07, 6.45) is 0.918. The second kappa shape index (κ2) is 7.85. The standard InChI is InChI=1S/C15H22INO2/c1-5-13-8-6-7-11(2)15(13)17(14(18)9-16)12(3)10-19-4/h6-8,12H,5,9-10H2,1-4H3/t12-/m0/s1. The summed E-state index contributed by atoms with van der Waals surface area (Å²) in [7, 11) is 1.67. The number of hydrogen-bond acceptors (Lipinski definition) is 2. The number of amides is 1. The van der Waals surface area contributed by atoms with Crippen LogP contribution in [0.25, 0.3) is 0 Å². The lowest BCUT2D eigenvalue weighted by Gasteiger charge is -2.31. The van der Waals surface area contributed by atoms with E-state index in [9.17, 15) is 4.79 Å². The Balaban J connectivity index is 3.28. The Bertz CT molecular complexity index is 434. The monoisotopic (exact) mass is 375 g/mol. The predicted molar refractivity (Wildman–Crippen MR) is 88.3 cm³/mol. The van der Waals surface area contributed by atoms with Crippen LogP contribution in [0.4, 0.5) is 5.69 Å². The highest BCUT2D eigenvalue weighted by Crippen LogP contribution is 2.28. The topological polar surface area (TPSA) is 29.5 Å². The number of methoxy groups -OCH3 is 1. The lowest BCUT2D eigenvalue weighted by atomic mass is 10.0. The summed E-state index contributed by atoms with van der Waals surface area (Å²) >= 11 is 2.12. The number of carbonyl (C=O) groups is 1. The Morgan fingerprint density at radius 1 is 1.47 bits per heavy atom. The summed E-state index contributed by atoms with van der Waals surface area (Å²) in [4.78, 5) is 14.2. The van der Waals surface area contributed by atoms with E-state index < -0.39 is 0 Å². The zero-order valence-electron chi connectivity index (χ0n) is 12.1. The van der Waals surface area contributed by atoms with Crippen molar-refractivity contribution in [2.45, 2.75) is 33.2 Å². The Kier molecular flexibility index (Phi) is 6.79. The molecular weight excluding hydrogens is 353 g/mol. The van der Waals surface area contributed by atoms with E-state index in [0.717, 1.165) is 17.7 Å². The van der Waals surface area contributed by atoms with Gasteiger partial charge in [0, 0.05) is 7.11 Å². The number of nitrogens with zero attached hydrogens (tertiary/aromatic N) is 1.